The number of amides is 1. The van der Waals surface area contributed by atoms with Crippen molar-refractivity contribution in [2.24, 2.45) is 5.14 Å². The maximum absolute atomic E-state index is 11.5. The van der Waals surface area contributed by atoms with E-state index in [1.807, 2.05) is 0 Å². The first-order valence-corrected chi connectivity index (χ1v) is 7.33. The number of hydrogen-bond acceptors (Lipinski definition) is 5. The van der Waals surface area contributed by atoms with Crippen LogP contribution in [-0.2, 0) is 15.0 Å². The maximum atomic E-state index is 11.5. The van der Waals surface area contributed by atoms with Crippen LogP contribution in [0.1, 0.15) is 20.8 Å². The van der Waals surface area contributed by atoms with E-state index in [0.717, 1.165) is 0 Å². The first kappa shape index (κ1) is 16.5. The number of halogens is 1. The van der Waals surface area contributed by atoms with Crippen LogP contribution in [0.2, 0.25) is 5.02 Å². The molecule has 1 rings (SSSR count). The first-order valence-electron chi connectivity index (χ1n) is 5.48. The first-order chi connectivity index (χ1) is 8.96. The largest absolute Gasteiger partial charge is 0.444 e. The van der Waals surface area contributed by atoms with Crippen LogP contribution >= 0.6 is 11.6 Å². The summed E-state index contributed by atoms with van der Waals surface area (Å²) in [6.45, 7) is 5.17. The predicted molar refractivity (Wildman–Crippen MR) is 75.0 cm³/mol. The molecule has 1 amide bonds. The highest BCUT2D eigenvalue weighted by atomic mass is 35.5. The van der Waals surface area contributed by atoms with E-state index in [1.165, 1.54) is 18.2 Å². The number of carbonyl (C=O) groups excluding carboxylic acids is 1. The summed E-state index contributed by atoms with van der Waals surface area (Å²) in [5.41, 5.74) is -0.309. The number of rotatable bonds is 3. The van der Waals surface area contributed by atoms with Gasteiger partial charge in [0, 0.05) is 5.69 Å². The smallest absolute Gasteiger partial charge is 0.412 e. The monoisotopic (exact) mass is 322 g/mol. The van der Waals surface area contributed by atoms with Gasteiger partial charge in [0.25, 0.3) is 0 Å². The van der Waals surface area contributed by atoms with Crippen molar-refractivity contribution in [1.29, 1.82) is 0 Å². The second kappa shape index (κ2) is 5.86. The highest BCUT2D eigenvalue weighted by molar-refractivity contribution is 7.84. The molecule has 0 bridgehead atoms. The molecule has 0 saturated heterocycles. The molecule has 0 radical (unpaired) electrons. The Labute approximate surface area is 122 Å². The molecule has 9 heteroatoms. The Morgan fingerprint density at radius 2 is 1.95 bits per heavy atom. The fourth-order valence-electron chi connectivity index (χ4n) is 1.19. The van der Waals surface area contributed by atoms with Crippen LogP contribution in [0.15, 0.2) is 18.2 Å². The van der Waals surface area contributed by atoms with E-state index in [0.29, 0.717) is 5.69 Å². The normalized spacial score (nSPS) is 11.8. The molecule has 1 aromatic rings. The Balaban J connectivity index is 2.80. The molecule has 0 aliphatic rings. The van der Waals surface area contributed by atoms with Gasteiger partial charge < -0.3 is 8.92 Å². The lowest BCUT2D eigenvalue weighted by molar-refractivity contribution is 0.0636. The molecule has 0 unspecified atom stereocenters. The standard InChI is InChI=1S/C11H15ClN2O5S/c1-11(2,3)18-10(15)14-7-4-5-9(8(12)6-7)19-20(13,16)17/h4-6H,1-3H3,(H,14,15)(H2,13,16,17). The van der Waals surface area contributed by atoms with E-state index in [-0.39, 0.29) is 10.8 Å². The molecule has 0 heterocycles. The van der Waals surface area contributed by atoms with Crippen LogP contribution in [-0.4, -0.2) is 20.1 Å². The molecule has 20 heavy (non-hydrogen) atoms. The second-order valence-electron chi connectivity index (χ2n) is 4.85. The molecule has 0 spiro atoms. The summed E-state index contributed by atoms with van der Waals surface area (Å²) < 4.78 is 31.1. The predicted octanol–water partition coefficient (Wildman–Crippen LogP) is 2.27. The summed E-state index contributed by atoms with van der Waals surface area (Å²) in [6.07, 6.45) is -0.659. The van der Waals surface area contributed by atoms with Gasteiger partial charge in [-0.3, -0.25) is 5.32 Å². The van der Waals surface area contributed by atoms with Crippen molar-refractivity contribution in [3.05, 3.63) is 23.2 Å². The van der Waals surface area contributed by atoms with Crippen LogP contribution in [0, 0.1) is 0 Å². The van der Waals surface area contributed by atoms with Gasteiger partial charge in [-0.2, -0.15) is 13.6 Å². The van der Waals surface area contributed by atoms with E-state index in [2.05, 4.69) is 9.50 Å². The van der Waals surface area contributed by atoms with E-state index in [4.69, 9.17) is 21.5 Å². The van der Waals surface area contributed by atoms with Crippen molar-refractivity contribution < 1.29 is 22.1 Å². The van der Waals surface area contributed by atoms with Gasteiger partial charge in [0.1, 0.15) is 5.60 Å². The minimum atomic E-state index is -4.16. The third-order valence-electron chi connectivity index (χ3n) is 1.78. The number of benzene rings is 1. The summed E-state index contributed by atoms with van der Waals surface area (Å²) in [5.74, 6) is -0.135. The lowest BCUT2D eigenvalue weighted by Crippen LogP contribution is -2.27. The summed E-state index contributed by atoms with van der Waals surface area (Å²) in [5, 5.41) is 7.15. The zero-order chi connectivity index (χ0) is 15.6. The van der Waals surface area contributed by atoms with Gasteiger partial charge in [-0.25, -0.2) is 4.79 Å². The Bertz CT molecular complexity index is 610. The van der Waals surface area contributed by atoms with Crippen LogP contribution in [0.5, 0.6) is 5.75 Å². The van der Waals surface area contributed by atoms with Gasteiger partial charge in [-0.15, -0.1) is 0 Å². The van der Waals surface area contributed by atoms with Crippen molar-refractivity contribution >= 4 is 33.7 Å². The number of nitrogens with one attached hydrogen (secondary N) is 1. The molecular weight excluding hydrogens is 308 g/mol. The zero-order valence-corrected chi connectivity index (χ0v) is 12.7. The second-order valence-corrected chi connectivity index (χ2v) is 6.41. The molecule has 0 saturated carbocycles. The molecule has 1 aromatic carbocycles. The van der Waals surface area contributed by atoms with E-state index in [9.17, 15) is 13.2 Å². The number of anilines is 1. The van der Waals surface area contributed by atoms with Crippen LogP contribution in [0.3, 0.4) is 0 Å². The Kier molecular flexibility index (Phi) is 4.85. The zero-order valence-electron chi connectivity index (χ0n) is 11.1. The lowest BCUT2D eigenvalue weighted by atomic mass is 10.2. The molecule has 0 aliphatic heterocycles. The molecule has 0 aliphatic carbocycles. The van der Waals surface area contributed by atoms with Crippen molar-refractivity contribution in [1.82, 2.24) is 0 Å². The number of hydrogen-bond donors (Lipinski definition) is 2. The fraction of sp³-hybridized carbons (Fsp3) is 0.364. The average Bonchev–Trinajstić information content (AvgIpc) is 2.17. The molecule has 0 aromatic heterocycles. The molecule has 0 atom stereocenters. The van der Waals surface area contributed by atoms with Gasteiger partial charge in [0.2, 0.25) is 0 Å². The SMILES string of the molecule is CC(C)(C)OC(=O)Nc1ccc(OS(N)(=O)=O)c(Cl)c1. The maximum Gasteiger partial charge on any atom is 0.412 e. The molecule has 0 fully saturated rings. The molecular formula is C11H15ClN2O5S. The van der Waals surface area contributed by atoms with Gasteiger partial charge in [0.15, 0.2) is 5.75 Å². The Hall–Kier alpha value is -1.51. The number of ether oxygens (including phenoxy) is 1. The number of nitrogens with two attached hydrogens (primary N) is 1. The van der Waals surface area contributed by atoms with Crippen LogP contribution in [0.25, 0.3) is 0 Å². The summed E-state index contributed by atoms with van der Waals surface area (Å²) in [7, 11) is -4.16. The van der Waals surface area contributed by atoms with E-state index in [1.54, 1.807) is 20.8 Å². The molecule has 7 nitrogen and oxygen atoms in total. The average molecular weight is 323 g/mol. The summed E-state index contributed by atoms with van der Waals surface area (Å²) in [6, 6.07) is 3.97. The van der Waals surface area contributed by atoms with Crippen LogP contribution in [0.4, 0.5) is 10.5 Å². The van der Waals surface area contributed by atoms with Gasteiger partial charge >= 0.3 is 16.4 Å². The molecule has 3 N–H and O–H groups in total. The third kappa shape index (κ3) is 6.09. The van der Waals surface area contributed by atoms with Gasteiger partial charge in [-0.1, -0.05) is 11.6 Å². The molecule has 112 valence electrons. The lowest BCUT2D eigenvalue weighted by Gasteiger charge is -2.19. The fourth-order valence-corrected chi connectivity index (χ4v) is 1.85. The minimum Gasteiger partial charge on any atom is -0.444 e. The number of carbonyl (C=O) groups is 1. The quantitative estimate of drug-likeness (QED) is 0.887. The van der Waals surface area contributed by atoms with Gasteiger partial charge in [-0.05, 0) is 39.0 Å². The summed E-state index contributed by atoms with van der Waals surface area (Å²) in [4.78, 5) is 11.5. The topological polar surface area (TPSA) is 108 Å². The van der Waals surface area contributed by atoms with Crippen molar-refractivity contribution in [2.45, 2.75) is 26.4 Å². The summed E-state index contributed by atoms with van der Waals surface area (Å²) >= 11 is 5.81. The Morgan fingerprint density at radius 3 is 2.40 bits per heavy atom. The van der Waals surface area contributed by atoms with Crippen LogP contribution < -0.4 is 14.6 Å². The highest BCUT2D eigenvalue weighted by Gasteiger charge is 2.17. The van der Waals surface area contributed by atoms with Gasteiger partial charge in [0.05, 0.1) is 5.02 Å². The van der Waals surface area contributed by atoms with Crippen molar-refractivity contribution in [2.75, 3.05) is 5.32 Å². The van der Waals surface area contributed by atoms with Crippen molar-refractivity contribution in [3.63, 3.8) is 0 Å². The minimum absolute atomic E-state index is 0.0208. The Morgan fingerprint density at radius 1 is 1.35 bits per heavy atom. The van der Waals surface area contributed by atoms with Crippen molar-refractivity contribution in [3.8, 4) is 5.75 Å². The van der Waals surface area contributed by atoms with E-state index >= 15 is 0 Å². The third-order valence-corrected chi connectivity index (χ3v) is 2.49. The highest BCUT2D eigenvalue weighted by Crippen LogP contribution is 2.28. The van der Waals surface area contributed by atoms with E-state index < -0.39 is 22.0 Å².